The summed E-state index contributed by atoms with van der Waals surface area (Å²) in [5, 5.41) is 6.68. The summed E-state index contributed by atoms with van der Waals surface area (Å²) in [6, 6.07) is 13.5. The average molecular weight is 391 g/mol. The van der Waals surface area contributed by atoms with Crippen LogP contribution in [0.25, 0.3) is 0 Å². The first kappa shape index (κ1) is 20.0. The summed E-state index contributed by atoms with van der Waals surface area (Å²) in [6.07, 6.45) is 2.15. The molecule has 0 saturated carbocycles. The number of hydrogen-bond acceptors (Lipinski definition) is 3. The number of nitrogens with one attached hydrogen (secondary N) is 2. The molecule has 2 N–H and O–H groups in total. The second-order valence-corrected chi connectivity index (χ2v) is 6.64. The molecule has 0 aliphatic heterocycles. The first-order valence-corrected chi connectivity index (χ1v) is 9.00. The summed E-state index contributed by atoms with van der Waals surface area (Å²) < 4.78 is 0. The summed E-state index contributed by atoms with van der Waals surface area (Å²) in [5.41, 5.74) is 0.959. The highest BCUT2D eigenvalue weighted by atomic mass is 35.5. The van der Waals surface area contributed by atoms with Crippen molar-refractivity contribution in [1.29, 1.82) is 0 Å². The van der Waals surface area contributed by atoms with E-state index in [4.69, 9.17) is 23.2 Å². The van der Waals surface area contributed by atoms with Gasteiger partial charge in [-0.3, -0.25) is 9.59 Å². The molecular formula is C20H20Cl2N2O2. The van der Waals surface area contributed by atoms with Gasteiger partial charge >= 0.3 is 0 Å². The van der Waals surface area contributed by atoms with Crippen molar-refractivity contribution in [2.75, 3.05) is 5.32 Å². The molecule has 0 spiro atoms. The van der Waals surface area contributed by atoms with E-state index in [1.54, 1.807) is 48.5 Å². The monoisotopic (exact) mass is 390 g/mol. The Labute approximate surface area is 163 Å². The lowest BCUT2D eigenvalue weighted by atomic mass is 10.0. The van der Waals surface area contributed by atoms with E-state index in [0.717, 1.165) is 6.42 Å². The number of Topliss-reactive ketones (excluding diaryl/α,β-unsaturated/α-hetero) is 1. The second-order valence-electron chi connectivity index (χ2n) is 5.80. The van der Waals surface area contributed by atoms with Crippen LogP contribution in [0, 0.1) is 0 Å². The van der Waals surface area contributed by atoms with Crippen LogP contribution in [-0.2, 0) is 4.79 Å². The molecule has 2 rings (SSSR count). The number of amides is 1. The predicted molar refractivity (Wildman–Crippen MR) is 107 cm³/mol. The van der Waals surface area contributed by atoms with Gasteiger partial charge in [0.1, 0.15) is 5.57 Å². The van der Waals surface area contributed by atoms with Crippen molar-refractivity contribution in [1.82, 2.24) is 5.32 Å². The van der Waals surface area contributed by atoms with Crippen LogP contribution in [0.3, 0.4) is 0 Å². The van der Waals surface area contributed by atoms with Crippen LogP contribution in [0.15, 0.2) is 60.3 Å². The molecule has 0 radical (unpaired) electrons. The molecule has 0 bridgehead atoms. The van der Waals surface area contributed by atoms with Crippen molar-refractivity contribution >= 4 is 40.6 Å². The van der Waals surface area contributed by atoms with Gasteiger partial charge in [-0.1, -0.05) is 42.3 Å². The summed E-state index contributed by atoms with van der Waals surface area (Å²) in [7, 11) is 0. The van der Waals surface area contributed by atoms with Crippen molar-refractivity contribution in [2.45, 2.75) is 26.3 Å². The van der Waals surface area contributed by atoms with E-state index in [9.17, 15) is 9.59 Å². The molecule has 0 aliphatic rings. The number of ketones is 1. The van der Waals surface area contributed by atoms with Gasteiger partial charge < -0.3 is 10.6 Å². The van der Waals surface area contributed by atoms with Crippen LogP contribution in [0.1, 0.15) is 30.6 Å². The van der Waals surface area contributed by atoms with Gasteiger partial charge in [-0.2, -0.15) is 0 Å². The summed E-state index contributed by atoms with van der Waals surface area (Å²) in [5.74, 6) is -0.899. The molecule has 2 aromatic carbocycles. The second kappa shape index (κ2) is 9.41. The maximum Gasteiger partial charge on any atom is 0.256 e. The van der Waals surface area contributed by atoms with E-state index in [0.29, 0.717) is 15.7 Å². The Bertz CT molecular complexity index is 817. The molecule has 6 heteroatoms. The standard InChI is InChI=1S/C20H20Cl2N2O2/c1-3-13(2)24-20(26)17(12-23-15-10-8-14(21)9-11-15)19(25)16-6-4-5-7-18(16)22/h4-13,23H,3H2,1-2H3,(H,24,26)/b17-12-. The number of rotatable bonds is 7. The molecule has 1 amide bonds. The lowest BCUT2D eigenvalue weighted by molar-refractivity contribution is -0.117. The Balaban J connectivity index is 2.33. The molecule has 0 aliphatic carbocycles. The number of carbonyl (C=O) groups is 2. The van der Waals surface area contributed by atoms with Crippen molar-refractivity contribution < 1.29 is 9.59 Å². The zero-order valence-corrected chi connectivity index (χ0v) is 16.1. The van der Waals surface area contributed by atoms with Crippen LogP contribution in [0.2, 0.25) is 10.0 Å². The quantitative estimate of drug-likeness (QED) is 0.299. The summed E-state index contributed by atoms with van der Waals surface area (Å²) in [6.45, 7) is 3.83. The van der Waals surface area contributed by atoms with E-state index < -0.39 is 11.7 Å². The SMILES string of the molecule is CCC(C)NC(=O)/C(=C\Nc1ccc(Cl)cc1)C(=O)c1ccccc1Cl. The Kier molecular flexibility index (Phi) is 7.25. The molecular weight excluding hydrogens is 371 g/mol. The van der Waals surface area contributed by atoms with Gasteiger partial charge in [0.15, 0.2) is 0 Å². The molecule has 0 fully saturated rings. The predicted octanol–water partition coefficient (Wildman–Crippen LogP) is 5.09. The minimum atomic E-state index is -0.453. The van der Waals surface area contributed by atoms with Crippen molar-refractivity contribution in [3.05, 3.63) is 75.9 Å². The lowest BCUT2D eigenvalue weighted by Crippen LogP contribution is -2.35. The minimum Gasteiger partial charge on any atom is -0.361 e. The van der Waals surface area contributed by atoms with Crippen LogP contribution < -0.4 is 10.6 Å². The highest BCUT2D eigenvalue weighted by Gasteiger charge is 2.22. The number of hydrogen-bond donors (Lipinski definition) is 2. The zero-order valence-electron chi connectivity index (χ0n) is 14.6. The van der Waals surface area contributed by atoms with Gasteiger partial charge in [-0.25, -0.2) is 0 Å². The van der Waals surface area contributed by atoms with Gasteiger partial charge in [-0.15, -0.1) is 0 Å². The Morgan fingerprint density at radius 1 is 1.08 bits per heavy atom. The van der Waals surface area contributed by atoms with E-state index in [1.807, 2.05) is 13.8 Å². The first-order valence-electron chi connectivity index (χ1n) is 8.24. The number of carbonyl (C=O) groups excluding carboxylic acids is 2. The third-order valence-electron chi connectivity index (χ3n) is 3.82. The van der Waals surface area contributed by atoms with Gasteiger partial charge in [0.2, 0.25) is 5.78 Å². The number of benzene rings is 2. The number of halogens is 2. The average Bonchev–Trinajstić information content (AvgIpc) is 2.63. The fourth-order valence-electron chi connectivity index (χ4n) is 2.13. The highest BCUT2D eigenvalue weighted by molar-refractivity contribution is 6.37. The minimum absolute atomic E-state index is 0.0200. The molecule has 1 unspecified atom stereocenters. The Morgan fingerprint density at radius 3 is 2.35 bits per heavy atom. The van der Waals surface area contributed by atoms with E-state index in [2.05, 4.69) is 10.6 Å². The molecule has 1 atom stereocenters. The fraction of sp³-hybridized carbons (Fsp3) is 0.200. The normalized spacial score (nSPS) is 12.4. The third-order valence-corrected chi connectivity index (χ3v) is 4.41. The first-order chi connectivity index (χ1) is 12.4. The molecule has 0 heterocycles. The molecule has 0 saturated heterocycles. The third kappa shape index (κ3) is 5.35. The van der Waals surface area contributed by atoms with E-state index in [-0.39, 0.29) is 17.2 Å². The summed E-state index contributed by atoms with van der Waals surface area (Å²) >= 11 is 12.0. The van der Waals surface area contributed by atoms with Gasteiger partial charge in [0.05, 0.1) is 5.02 Å². The van der Waals surface area contributed by atoms with Gasteiger partial charge in [0.25, 0.3) is 5.91 Å². The zero-order chi connectivity index (χ0) is 19.1. The largest absolute Gasteiger partial charge is 0.361 e. The van der Waals surface area contributed by atoms with Crippen molar-refractivity contribution in [2.24, 2.45) is 0 Å². The van der Waals surface area contributed by atoms with Crippen molar-refractivity contribution in [3.63, 3.8) is 0 Å². The van der Waals surface area contributed by atoms with Crippen LogP contribution in [0.5, 0.6) is 0 Å². The fourth-order valence-corrected chi connectivity index (χ4v) is 2.48. The van der Waals surface area contributed by atoms with Gasteiger partial charge in [0, 0.05) is 28.5 Å². The Hall–Kier alpha value is -2.30. The summed E-state index contributed by atoms with van der Waals surface area (Å²) in [4.78, 5) is 25.5. The molecule has 4 nitrogen and oxygen atoms in total. The number of anilines is 1. The molecule has 26 heavy (non-hydrogen) atoms. The van der Waals surface area contributed by atoms with Crippen LogP contribution in [-0.4, -0.2) is 17.7 Å². The molecule has 136 valence electrons. The molecule has 0 aromatic heterocycles. The Morgan fingerprint density at radius 2 is 1.73 bits per heavy atom. The van der Waals surface area contributed by atoms with Crippen LogP contribution in [0.4, 0.5) is 5.69 Å². The topological polar surface area (TPSA) is 58.2 Å². The van der Waals surface area contributed by atoms with E-state index >= 15 is 0 Å². The van der Waals surface area contributed by atoms with E-state index in [1.165, 1.54) is 6.20 Å². The maximum absolute atomic E-state index is 12.9. The molecule has 2 aromatic rings. The highest BCUT2D eigenvalue weighted by Crippen LogP contribution is 2.20. The maximum atomic E-state index is 12.9. The van der Waals surface area contributed by atoms with Gasteiger partial charge in [-0.05, 0) is 49.7 Å². The van der Waals surface area contributed by atoms with Crippen molar-refractivity contribution in [3.8, 4) is 0 Å². The smallest absolute Gasteiger partial charge is 0.256 e. The van der Waals surface area contributed by atoms with Crippen LogP contribution >= 0.6 is 23.2 Å². The lowest BCUT2D eigenvalue weighted by Gasteiger charge is -2.14.